The fourth-order valence-electron chi connectivity index (χ4n) is 2.42. The van der Waals surface area contributed by atoms with E-state index in [2.05, 4.69) is 4.98 Å². The molecule has 0 aliphatic rings. The first kappa shape index (κ1) is 13.6. The number of hydrogen-bond acceptors (Lipinski definition) is 3. The first-order valence-corrected chi connectivity index (χ1v) is 6.69. The zero-order valence-corrected chi connectivity index (χ0v) is 11.7. The lowest BCUT2D eigenvalue weighted by atomic mass is 10.2. The summed E-state index contributed by atoms with van der Waals surface area (Å²) in [6.45, 7) is 0.702. The summed E-state index contributed by atoms with van der Waals surface area (Å²) >= 11 is 0. The van der Waals surface area contributed by atoms with Gasteiger partial charge in [-0.2, -0.15) is 0 Å². The number of fused-ring (bicyclic) bond motifs is 1. The van der Waals surface area contributed by atoms with E-state index in [1.807, 2.05) is 28.8 Å². The maximum Gasteiger partial charge on any atom is 0.128 e. The van der Waals surface area contributed by atoms with Crippen LogP contribution in [0.4, 0.5) is 4.39 Å². The highest BCUT2D eigenvalue weighted by Gasteiger charge is 2.12. The van der Waals surface area contributed by atoms with Crippen LogP contribution in [0.25, 0.3) is 11.0 Å². The van der Waals surface area contributed by atoms with Crippen LogP contribution in [0.5, 0.6) is 5.75 Å². The Morgan fingerprint density at radius 2 is 2.05 bits per heavy atom. The third-order valence-electron chi connectivity index (χ3n) is 3.50. The van der Waals surface area contributed by atoms with Crippen LogP contribution < -0.4 is 10.5 Å². The Hall–Kier alpha value is -2.40. The van der Waals surface area contributed by atoms with E-state index >= 15 is 0 Å². The normalized spacial score (nSPS) is 11.0. The minimum absolute atomic E-state index is 0.226. The Balaban J connectivity index is 2.10. The van der Waals surface area contributed by atoms with E-state index in [1.165, 1.54) is 6.07 Å². The van der Waals surface area contributed by atoms with Gasteiger partial charge in [0, 0.05) is 11.6 Å². The Morgan fingerprint density at radius 3 is 2.76 bits per heavy atom. The van der Waals surface area contributed by atoms with Crippen molar-refractivity contribution < 1.29 is 9.13 Å². The number of nitrogens with zero attached hydrogens (tertiary/aromatic N) is 2. The molecule has 3 rings (SSSR count). The van der Waals surface area contributed by atoms with E-state index in [4.69, 9.17) is 10.5 Å². The van der Waals surface area contributed by atoms with Gasteiger partial charge in [-0.05, 0) is 18.2 Å². The van der Waals surface area contributed by atoms with Crippen LogP contribution in [0.1, 0.15) is 11.4 Å². The average molecular weight is 285 g/mol. The van der Waals surface area contributed by atoms with E-state index in [0.29, 0.717) is 18.7 Å². The second-order valence-electron chi connectivity index (χ2n) is 4.76. The van der Waals surface area contributed by atoms with Gasteiger partial charge in [-0.3, -0.25) is 0 Å². The first-order valence-electron chi connectivity index (χ1n) is 6.69. The fourth-order valence-corrected chi connectivity index (χ4v) is 2.42. The summed E-state index contributed by atoms with van der Waals surface area (Å²) in [5.41, 5.74) is 8.10. The summed E-state index contributed by atoms with van der Waals surface area (Å²) in [6.07, 6.45) is 0. The van der Waals surface area contributed by atoms with Crippen molar-refractivity contribution in [3.63, 3.8) is 0 Å². The van der Waals surface area contributed by atoms with Crippen molar-refractivity contribution in [2.24, 2.45) is 5.73 Å². The highest BCUT2D eigenvalue weighted by atomic mass is 19.1. The highest BCUT2D eigenvalue weighted by Crippen LogP contribution is 2.23. The van der Waals surface area contributed by atoms with Gasteiger partial charge in [0.25, 0.3) is 0 Å². The number of imidazole rings is 1. The second-order valence-corrected chi connectivity index (χ2v) is 4.76. The molecular formula is C16H16FN3O. The number of aromatic nitrogens is 2. The molecule has 1 aromatic heterocycles. The van der Waals surface area contributed by atoms with Crippen LogP contribution in [-0.4, -0.2) is 16.7 Å². The van der Waals surface area contributed by atoms with Crippen molar-refractivity contribution in [2.75, 3.05) is 7.11 Å². The monoisotopic (exact) mass is 285 g/mol. The summed E-state index contributed by atoms with van der Waals surface area (Å²) in [5, 5.41) is 0. The topological polar surface area (TPSA) is 53.1 Å². The molecule has 0 aliphatic heterocycles. The predicted octanol–water partition coefficient (Wildman–Crippen LogP) is 2.69. The molecule has 4 nitrogen and oxygen atoms in total. The molecule has 0 amide bonds. The van der Waals surface area contributed by atoms with Crippen molar-refractivity contribution >= 4 is 11.0 Å². The molecule has 21 heavy (non-hydrogen) atoms. The summed E-state index contributed by atoms with van der Waals surface area (Å²) in [5.74, 6) is 1.24. The summed E-state index contributed by atoms with van der Waals surface area (Å²) in [6, 6.07) is 12.4. The minimum atomic E-state index is -0.226. The summed E-state index contributed by atoms with van der Waals surface area (Å²) in [7, 11) is 1.61. The number of ether oxygens (including phenoxy) is 1. The van der Waals surface area contributed by atoms with E-state index in [-0.39, 0.29) is 5.82 Å². The molecule has 0 saturated carbocycles. The lowest BCUT2D eigenvalue weighted by Gasteiger charge is -2.09. The van der Waals surface area contributed by atoms with Crippen LogP contribution in [0.2, 0.25) is 0 Å². The molecule has 0 radical (unpaired) electrons. The molecule has 2 N–H and O–H groups in total. The van der Waals surface area contributed by atoms with Crippen molar-refractivity contribution in [1.82, 2.24) is 9.55 Å². The van der Waals surface area contributed by atoms with Crippen molar-refractivity contribution in [2.45, 2.75) is 13.1 Å². The van der Waals surface area contributed by atoms with Crippen molar-refractivity contribution in [1.29, 1.82) is 0 Å². The fraction of sp³-hybridized carbons (Fsp3) is 0.188. The van der Waals surface area contributed by atoms with Crippen LogP contribution in [-0.2, 0) is 13.1 Å². The lowest BCUT2D eigenvalue weighted by molar-refractivity contribution is 0.415. The van der Waals surface area contributed by atoms with Gasteiger partial charge in [-0.15, -0.1) is 0 Å². The van der Waals surface area contributed by atoms with Gasteiger partial charge in [0.15, 0.2) is 0 Å². The van der Waals surface area contributed by atoms with Gasteiger partial charge in [-0.25, -0.2) is 9.37 Å². The van der Waals surface area contributed by atoms with E-state index in [0.717, 1.165) is 22.6 Å². The third kappa shape index (κ3) is 2.48. The maximum atomic E-state index is 13.9. The van der Waals surface area contributed by atoms with E-state index in [1.54, 1.807) is 19.2 Å². The molecular weight excluding hydrogens is 269 g/mol. The zero-order valence-electron chi connectivity index (χ0n) is 11.7. The molecule has 3 aromatic rings. The Bertz CT molecular complexity index is 782. The molecule has 5 heteroatoms. The molecule has 108 valence electrons. The van der Waals surface area contributed by atoms with Crippen LogP contribution >= 0.6 is 0 Å². The lowest BCUT2D eigenvalue weighted by Crippen LogP contribution is -2.10. The average Bonchev–Trinajstić information content (AvgIpc) is 2.86. The molecule has 0 bridgehead atoms. The Morgan fingerprint density at radius 1 is 1.24 bits per heavy atom. The van der Waals surface area contributed by atoms with Gasteiger partial charge in [0.2, 0.25) is 0 Å². The standard InChI is InChI=1S/C16H16FN3O/c1-21-12-6-7-15-14(8-12)19-16(9-18)20(15)10-11-4-2-3-5-13(11)17/h2-8H,9-10,18H2,1H3. The third-order valence-corrected chi connectivity index (χ3v) is 3.50. The van der Waals surface area contributed by atoms with Gasteiger partial charge < -0.3 is 15.0 Å². The number of benzene rings is 2. The molecule has 0 saturated heterocycles. The molecule has 0 unspecified atom stereocenters. The number of rotatable bonds is 4. The summed E-state index contributed by atoms with van der Waals surface area (Å²) in [4.78, 5) is 4.50. The maximum absolute atomic E-state index is 13.9. The van der Waals surface area contributed by atoms with Crippen molar-refractivity contribution in [3.8, 4) is 5.75 Å². The first-order chi connectivity index (χ1) is 10.2. The highest BCUT2D eigenvalue weighted by molar-refractivity contribution is 5.78. The Labute approximate surface area is 122 Å². The van der Waals surface area contributed by atoms with E-state index < -0.39 is 0 Å². The molecule has 1 heterocycles. The van der Waals surface area contributed by atoms with Gasteiger partial charge >= 0.3 is 0 Å². The Kier molecular flexibility index (Phi) is 3.58. The molecule has 0 spiro atoms. The van der Waals surface area contributed by atoms with Crippen LogP contribution in [0.3, 0.4) is 0 Å². The molecule has 0 aliphatic carbocycles. The quantitative estimate of drug-likeness (QED) is 0.802. The molecule has 0 atom stereocenters. The van der Waals surface area contributed by atoms with Gasteiger partial charge in [0.05, 0.1) is 31.2 Å². The number of halogens is 1. The number of nitrogens with two attached hydrogens (primary N) is 1. The number of methoxy groups -OCH3 is 1. The van der Waals surface area contributed by atoms with E-state index in [9.17, 15) is 4.39 Å². The molecule has 0 fully saturated rings. The predicted molar refractivity (Wildman–Crippen MR) is 79.7 cm³/mol. The van der Waals surface area contributed by atoms with Gasteiger partial charge in [0.1, 0.15) is 17.4 Å². The molecule has 2 aromatic carbocycles. The number of hydrogen-bond donors (Lipinski definition) is 1. The summed E-state index contributed by atoms with van der Waals surface area (Å²) < 4.78 is 21.0. The smallest absolute Gasteiger partial charge is 0.128 e. The van der Waals surface area contributed by atoms with Gasteiger partial charge in [-0.1, -0.05) is 18.2 Å². The zero-order chi connectivity index (χ0) is 14.8. The van der Waals surface area contributed by atoms with Crippen LogP contribution in [0.15, 0.2) is 42.5 Å². The van der Waals surface area contributed by atoms with Crippen molar-refractivity contribution in [3.05, 3.63) is 59.7 Å². The largest absolute Gasteiger partial charge is 0.497 e. The SMILES string of the molecule is COc1ccc2c(c1)nc(CN)n2Cc1ccccc1F. The minimum Gasteiger partial charge on any atom is -0.497 e. The van der Waals surface area contributed by atoms with Crippen LogP contribution in [0, 0.1) is 5.82 Å². The second kappa shape index (κ2) is 5.54.